The molecule has 0 spiro atoms. The minimum Gasteiger partial charge on any atom is -0.294 e. The third-order valence-corrected chi connectivity index (χ3v) is 3.34. The SMILES string of the molecule is CC(C)N(C(C)C)C(C)C(Cl)CCl. The summed E-state index contributed by atoms with van der Waals surface area (Å²) in [5, 5.41) is 0.0338. The first-order valence-corrected chi connectivity index (χ1v) is 5.86. The molecule has 0 radical (unpaired) electrons. The highest BCUT2D eigenvalue weighted by Gasteiger charge is 2.25. The van der Waals surface area contributed by atoms with Crippen LogP contribution in [0.15, 0.2) is 0 Å². The third-order valence-electron chi connectivity index (χ3n) is 2.33. The summed E-state index contributed by atoms with van der Waals surface area (Å²) >= 11 is 11.9. The van der Waals surface area contributed by atoms with Gasteiger partial charge in [-0.3, -0.25) is 4.90 Å². The second-order valence-corrected chi connectivity index (χ2v) is 4.91. The van der Waals surface area contributed by atoms with Gasteiger partial charge in [0.1, 0.15) is 0 Å². The number of hydrogen-bond donors (Lipinski definition) is 0. The van der Waals surface area contributed by atoms with E-state index in [1.54, 1.807) is 0 Å². The van der Waals surface area contributed by atoms with E-state index in [0.717, 1.165) is 0 Å². The van der Waals surface area contributed by atoms with Crippen LogP contribution in [0.25, 0.3) is 0 Å². The number of rotatable bonds is 5. The summed E-state index contributed by atoms with van der Waals surface area (Å²) < 4.78 is 0. The Labute approximate surface area is 92.4 Å². The molecule has 0 aliphatic rings. The summed E-state index contributed by atoms with van der Waals surface area (Å²) in [5.74, 6) is 0.513. The molecule has 0 saturated heterocycles. The molecule has 0 aromatic rings. The van der Waals surface area contributed by atoms with Crippen molar-refractivity contribution in [2.45, 2.75) is 58.1 Å². The molecule has 0 bridgehead atoms. The largest absolute Gasteiger partial charge is 0.294 e. The Kier molecular flexibility index (Phi) is 6.36. The maximum Gasteiger partial charge on any atom is 0.0624 e. The first-order valence-electron chi connectivity index (χ1n) is 4.89. The highest BCUT2D eigenvalue weighted by atomic mass is 35.5. The standard InChI is InChI=1S/C10H21Cl2N/c1-7(2)13(8(3)4)9(5)10(12)6-11/h7-10H,6H2,1-5H3. The molecule has 0 heterocycles. The van der Waals surface area contributed by atoms with Gasteiger partial charge >= 0.3 is 0 Å². The first kappa shape index (κ1) is 13.5. The second kappa shape index (κ2) is 6.10. The fraction of sp³-hybridized carbons (Fsp3) is 1.00. The van der Waals surface area contributed by atoms with Crippen molar-refractivity contribution in [3.63, 3.8) is 0 Å². The van der Waals surface area contributed by atoms with Crippen LogP contribution in [-0.4, -0.2) is 34.3 Å². The van der Waals surface area contributed by atoms with Gasteiger partial charge in [0.25, 0.3) is 0 Å². The smallest absolute Gasteiger partial charge is 0.0624 e. The Morgan fingerprint density at radius 2 is 1.38 bits per heavy atom. The van der Waals surface area contributed by atoms with Crippen molar-refractivity contribution in [2.75, 3.05) is 5.88 Å². The van der Waals surface area contributed by atoms with Gasteiger partial charge in [0.2, 0.25) is 0 Å². The van der Waals surface area contributed by atoms with Crippen LogP contribution >= 0.6 is 23.2 Å². The van der Waals surface area contributed by atoms with Crippen molar-refractivity contribution in [3.05, 3.63) is 0 Å². The summed E-state index contributed by atoms with van der Waals surface area (Å²) in [7, 11) is 0. The molecule has 2 atom stereocenters. The van der Waals surface area contributed by atoms with Gasteiger partial charge in [0.05, 0.1) is 5.38 Å². The molecule has 0 aromatic heterocycles. The van der Waals surface area contributed by atoms with Crippen molar-refractivity contribution < 1.29 is 0 Å². The van der Waals surface area contributed by atoms with E-state index >= 15 is 0 Å². The van der Waals surface area contributed by atoms with Crippen LogP contribution in [0.2, 0.25) is 0 Å². The third kappa shape index (κ3) is 4.05. The zero-order valence-electron chi connectivity index (χ0n) is 9.22. The molecule has 0 aliphatic heterocycles. The normalized spacial score (nSPS) is 17.1. The van der Waals surface area contributed by atoms with E-state index in [9.17, 15) is 0 Å². The van der Waals surface area contributed by atoms with Crippen molar-refractivity contribution in [1.82, 2.24) is 4.90 Å². The van der Waals surface area contributed by atoms with Gasteiger partial charge in [-0.25, -0.2) is 0 Å². The van der Waals surface area contributed by atoms with Crippen molar-refractivity contribution >= 4 is 23.2 Å². The Bertz CT molecular complexity index is 129. The first-order chi connectivity index (χ1) is 5.91. The Hall–Kier alpha value is 0.540. The van der Waals surface area contributed by atoms with Crippen LogP contribution in [0.3, 0.4) is 0 Å². The topological polar surface area (TPSA) is 3.24 Å². The Morgan fingerprint density at radius 1 is 1.00 bits per heavy atom. The van der Waals surface area contributed by atoms with Gasteiger partial charge in [-0.2, -0.15) is 0 Å². The summed E-state index contributed by atoms with van der Waals surface area (Å²) in [4.78, 5) is 2.39. The molecule has 0 N–H and O–H groups in total. The molecular weight excluding hydrogens is 205 g/mol. The molecule has 0 saturated carbocycles. The van der Waals surface area contributed by atoms with Gasteiger partial charge in [-0.1, -0.05) is 0 Å². The van der Waals surface area contributed by atoms with E-state index in [1.165, 1.54) is 0 Å². The monoisotopic (exact) mass is 225 g/mol. The van der Waals surface area contributed by atoms with Crippen LogP contribution in [-0.2, 0) is 0 Å². The highest BCUT2D eigenvalue weighted by Crippen LogP contribution is 2.17. The molecule has 3 heteroatoms. The maximum absolute atomic E-state index is 6.12. The molecular formula is C10H21Cl2N. The van der Waals surface area contributed by atoms with E-state index in [4.69, 9.17) is 23.2 Å². The van der Waals surface area contributed by atoms with Crippen LogP contribution in [0.5, 0.6) is 0 Å². The highest BCUT2D eigenvalue weighted by molar-refractivity contribution is 6.28. The maximum atomic E-state index is 6.12. The zero-order valence-corrected chi connectivity index (χ0v) is 10.7. The summed E-state index contributed by atoms with van der Waals surface area (Å²) in [5.41, 5.74) is 0. The predicted molar refractivity (Wildman–Crippen MR) is 61.9 cm³/mol. The number of alkyl halides is 2. The molecule has 0 fully saturated rings. The van der Waals surface area contributed by atoms with Crippen LogP contribution in [0.1, 0.15) is 34.6 Å². The average Bonchev–Trinajstić information content (AvgIpc) is 2.01. The minimum atomic E-state index is 0.0338. The van der Waals surface area contributed by atoms with Crippen molar-refractivity contribution in [3.8, 4) is 0 Å². The molecule has 2 unspecified atom stereocenters. The number of nitrogens with zero attached hydrogens (tertiary/aromatic N) is 1. The van der Waals surface area contributed by atoms with E-state index in [-0.39, 0.29) is 5.38 Å². The zero-order chi connectivity index (χ0) is 10.6. The molecule has 80 valence electrons. The van der Waals surface area contributed by atoms with Gasteiger partial charge in [-0.15, -0.1) is 23.2 Å². The quantitative estimate of drug-likeness (QED) is 0.650. The lowest BCUT2D eigenvalue weighted by Gasteiger charge is -2.38. The summed E-state index contributed by atoms with van der Waals surface area (Å²) in [6.45, 7) is 10.9. The van der Waals surface area contributed by atoms with Gasteiger partial charge in [0.15, 0.2) is 0 Å². The van der Waals surface area contributed by atoms with Crippen LogP contribution < -0.4 is 0 Å². The second-order valence-electron chi connectivity index (χ2n) is 4.05. The minimum absolute atomic E-state index is 0.0338. The fourth-order valence-corrected chi connectivity index (χ4v) is 2.24. The van der Waals surface area contributed by atoms with Gasteiger partial charge in [-0.05, 0) is 34.6 Å². The lowest BCUT2D eigenvalue weighted by molar-refractivity contribution is 0.122. The number of halogens is 2. The van der Waals surface area contributed by atoms with E-state index in [0.29, 0.717) is 24.0 Å². The Balaban J connectivity index is 4.36. The van der Waals surface area contributed by atoms with Crippen LogP contribution in [0.4, 0.5) is 0 Å². The van der Waals surface area contributed by atoms with E-state index in [2.05, 4.69) is 39.5 Å². The van der Waals surface area contributed by atoms with Crippen molar-refractivity contribution in [1.29, 1.82) is 0 Å². The lowest BCUT2D eigenvalue weighted by Crippen LogP contribution is -2.48. The fourth-order valence-electron chi connectivity index (χ4n) is 1.85. The molecule has 0 aromatic carbocycles. The number of hydrogen-bond acceptors (Lipinski definition) is 1. The van der Waals surface area contributed by atoms with Crippen molar-refractivity contribution in [2.24, 2.45) is 0 Å². The van der Waals surface area contributed by atoms with E-state index in [1.807, 2.05) is 0 Å². The molecule has 0 rings (SSSR count). The predicted octanol–water partition coefficient (Wildman–Crippen LogP) is 3.34. The summed E-state index contributed by atoms with van der Waals surface area (Å²) in [6, 6.07) is 1.36. The van der Waals surface area contributed by atoms with Gasteiger partial charge in [0, 0.05) is 24.0 Å². The molecule has 0 amide bonds. The molecule has 1 nitrogen and oxygen atoms in total. The lowest BCUT2D eigenvalue weighted by atomic mass is 10.1. The average molecular weight is 226 g/mol. The summed E-state index contributed by atoms with van der Waals surface area (Å²) in [6.07, 6.45) is 0. The van der Waals surface area contributed by atoms with Gasteiger partial charge < -0.3 is 0 Å². The molecule has 13 heavy (non-hydrogen) atoms. The van der Waals surface area contributed by atoms with Crippen LogP contribution in [0, 0.1) is 0 Å². The Morgan fingerprint density at radius 3 is 1.62 bits per heavy atom. The molecule has 0 aliphatic carbocycles. The van der Waals surface area contributed by atoms with E-state index < -0.39 is 0 Å².